The summed E-state index contributed by atoms with van der Waals surface area (Å²) >= 11 is 0. The topological polar surface area (TPSA) is 81.5 Å². The van der Waals surface area contributed by atoms with Crippen LogP contribution in [0.1, 0.15) is 6.92 Å². The quantitative estimate of drug-likeness (QED) is 0.562. The van der Waals surface area contributed by atoms with Crippen LogP contribution in [0.5, 0.6) is 11.5 Å². The molecule has 0 bridgehead atoms. The van der Waals surface area contributed by atoms with Crippen molar-refractivity contribution in [2.45, 2.75) is 6.92 Å². The van der Waals surface area contributed by atoms with Gasteiger partial charge in [0.05, 0.1) is 6.61 Å². The molecule has 0 radical (unpaired) electrons. The smallest absolute Gasteiger partial charge is 0.119 e. The lowest BCUT2D eigenvalue weighted by Gasteiger charge is -2.01. The number of aromatic hydroxyl groups is 1. The van der Waals surface area contributed by atoms with Crippen LogP contribution in [-0.2, 0) is 0 Å². The Morgan fingerprint density at radius 2 is 1.33 bits per heavy atom. The van der Waals surface area contributed by atoms with Crippen LogP contribution in [0.2, 0.25) is 0 Å². The Bertz CT molecular complexity index is 431. The second-order valence-corrected chi connectivity index (χ2v) is 3.59. The van der Waals surface area contributed by atoms with Crippen molar-refractivity contribution in [2.24, 2.45) is 0 Å². The number of hydrogen-bond acceptors (Lipinski definition) is 4. The molecule has 0 saturated heterocycles. The molecule has 0 spiro atoms. The first-order valence-corrected chi connectivity index (χ1v) is 5.64. The lowest BCUT2D eigenvalue weighted by molar-refractivity contribution is 0.340. The van der Waals surface area contributed by atoms with E-state index in [-0.39, 0.29) is 5.75 Å². The van der Waals surface area contributed by atoms with E-state index in [0.717, 1.165) is 11.4 Å². The van der Waals surface area contributed by atoms with Crippen LogP contribution < -0.4 is 16.2 Å². The molecule has 0 amide bonds. The van der Waals surface area contributed by atoms with Crippen LogP contribution in [0.3, 0.4) is 0 Å². The van der Waals surface area contributed by atoms with Gasteiger partial charge in [-0.2, -0.15) is 0 Å². The highest BCUT2D eigenvalue weighted by Crippen LogP contribution is 2.12. The van der Waals surface area contributed by atoms with Crippen LogP contribution in [0.4, 0.5) is 11.4 Å². The normalized spacial score (nSPS) is 9.17. The van der Waals surface area contributed by atoms with Crippen LogP contribution in [0.25, 0.3) is 0 Å². The van der Waals surface area contributed by atoms with Crippen molar-refractivity contribution < 1.29 is 9.84 Å². The number of benzene rings is 2. The molecule has 0 saturated carbocycles. The lowest BCUT2D eigenvalue weighted by atomic mass is 10.3. The number of nitrogen functional groups attached to an aromatic ring is 2. The standard InChI is InChI=1S/C8H11NO.C6H7NO/c1-2-10-8-5-3-7(9)4-6-8;7-5-1-3-6(8)4-2-5/h3-6H,2,9H2,1H3;1-4,8H,7H2. The van der Waals surface area contributed by atoms with Gasteiger partial charge in [-0.1, -0.05) is 0 Å². The summed E-state index contributed by atoms with van der Waals surface area (Å²) in [5.74, 6) is 1.12. The second-order valence-electron chi connectivity index (χ2n) is 3.59. The molecule has 96 valence electrons. The van der Waals surface area contributed by atoms with Crippen molar-refractivity contribution in [1.82, 2.24) is 0 Å². The zero-order valence-electron chi connectivity index (χ0n) is 10.3. The molecule has 4 nitrogen and oxygen atoms in total. The van der Waals surface area contributed by atoms with E-state index in [4.69, 9.17) is 21.3 Å². The first kappa shape index (κ1) is 13.7. The van der Waals surface area contributed by atoms with Gasteiger partial charge in [0.25, 0.3) is 0 Å². The zero-order valence-corrected chi connectivity index (χ0v) is 10.3. The molecule has 2 aromatic carbocycles. The Balaban J connectivity index is 0.000000184. The minimum atomic E-state index is 0.249. The van der Waals surface area contributed by atoms with E-state index in [1.54, 1.807) is 24.3 Å². The summed E-state index contributed by atoms with van der Waals surface area (Å²) in [6.45, 7) is 2.65. The average molecular weight is 246 g/mol. The Labute approximate surface area is 107 Å². The van der Waals surface area contributed by atoms with Gasteiger partial charge in [0.2, 0.25) is 0 Å². The van der Waals surface area contributed by atoms with Gasteiger partial charge in [0.15, 0.2) is 0 Å². The molecule has 5 N–H and O–H groups in total. The van der Waals surface area contributed by atoms with Gasteiger partial charge in [-0.25, -0.2) is 0 Å². The molecule has 0 atom stereocenters. The minimum Gasteiger partial charge on any atom is -0.508 e. The molecule has 0 unspecified atom stereocenters. The second kappa shape index (κ2) is 7.06. The van der Waals surface area contributed by atoms with Crippen LogP contribution in [0.15, 0.2) is 48.5 Å². The van der Waals surface area contributed by atoms with Crippen LogP contribution in [-0.4, -0.2) is 11.7 Å². The third-order valence-corrected chi connectivity index (χ3v) is 2.08. The summed E-state index contributed by atoms with van der Waals surface area (Å²) in [6.07, 6.45) is 0. The number of phenolic OH excluding ortho intramolecular Hbond substituents is 1. The highest BCUT2D eigenvalue weighted by atomic mass is 16.5. The summed E-state index contributed by atoms with van der Waals surface area (Å²) in [6, 6.07) is 13.8. The maximum atomic E-state index is 8.70. The molecule has 18 heavy (non-hydrogen) atoms. The fraction of sp³-hybridized carbons (Fsp3) is 0.143. The van der Waals surface area contributed by atoms with Crippen LogP contribution >= 0.6 is 0 Å². The van der Waals surface area contributed by atoms with E-state index >= 15 is 0 Å². The monoisotopic (exact) mass is 246 g/mol. The molecule has 4 heteroatoms. The van der Waals surface area contributed by atoms with Crippen molar-refractivity contribution in [2.75, 3.05) is 18.1 Å². The number of rotatable bonds is 2. The van der Waals surface area contributed by atoms with E-state index in [1.165, 1.54) is 0 Å². The first-order chi connectivity index (χ1) is 8.61. The van der Waals surface area contributed by atoms with Gasteiger partial charge in [-0.05, 0) is 55.5 Å². The maximum absolute atomic E-state index is 8.70. The minimum absolute atomic E-state index is 0.249. The van der Waals surface area contributed by atoms with Gasteiger partial charge in [0, 0.05) is 11.4 Å². The summed E-state index contributed by atoms with van der Waals surface area (Å²) in [4.78, 5) is 0. The summed E-state index contributed by atoms with van der Waals surface area (Å²) < 4.78 is 5.21. The fourth-order valence-electron chi connectivity index (χ4n) is 1.21. The van der Waals surface area contributed by atoms with Gasteiger partial charge in [-0.3, -0.25) is 0 Å². The number of anilines is 2. The fourth-order valence-corrected chi connectivity index (χ4v) is 1.21. The van der Waals surface area contributed by atoms with Crippen molar-refractivity contribution in [3.63, 3.8) is 0 Å². The zero-order chi connectivity index (χ0) is 13.4. The Morgan fingerprint density at radius 3 is 1.72 bits per heavy atom. The number of hydrogen-bond donors (Lipinski definition) is 3. The SMILES string of the molecule is CCOc1ccc(N)cc1.Nc1ccc(O)cc1. The maximum Gasteiger partial charge on any atom is 0.119 e. The van der Waals surface area contributed by atoms with Crippen molar-refractivity contribution in [1.29, 1.82) is 0 Å². The predicted octanol–water partition coefficient (Wildman–Crippen LogP) is 2.64. The molecular weight excluding hydrogens is 228 g/mol. The summed E-state index contributed by atoms with van der Waals surface area (Å²) in [5, 5.41) is 8.70. The van der Waals surface area contributed by atoms with Gasteiger partial charge < -0.3 is 21.3 Å². The van der Waals surface area contributed by atoms with E-state index in [2.05, 4.69) is 0 Å². The van der Waals surface area contributed by atoms with E-state index in [9.17, 15) is 0 Å². The van der Waals surface area contributed by atoms with Gasteiger partial charge >= 0.3 is 0 Å². The average Bonchev–Trinajstić information content (AvgIpc) is 2.37. The molecule has 0 aromatic heterocycles. The van der Waals surface area contributed by atoms with Crippen molar-refractivity contribution >= 4 is 11.4 Å². The first-order valence-electron chi connectivity index (χ1n) is 5.64. The molecule has 0 fully saturated rings. The predicted molar refractivity (Wildman–Crippen MR) is 74.5 cm³/mol. The molecule has 0 aliphatic heterocycles. The highest BCUT2D eigenvalue weighted by molar-refractivity contribution is 5.41. The Morgan fingerprint density at radius 1 is 0.889 bits per heavy atom. The molecule has 0 aliphatic rings. The van der Waals surface area contributed by atoms with E-state index < -0.39 is 0 Å². The molecule has 0 aliphatic carbocycles. The molecule has 2 aromatic rings. The largest absolute Gasteiger partial charge is 0.508 e. The Hall–Kier alpha value is -2.36. The number of phenols is 1. The third kappa shape index (κ3) is 5.12. The molecular formula is C14H18N2O2. The lowest BCUT2D eigenvalue weighted by Crippen LogP contribution is -1.91. The Kier molecular flexibility index (Phi) is 5.38. The van der Waals surface area contributed by atoms with Gasteiger partial charge in [-0.15, -0.1) is 0 Å². The van der Waals surface area contributed by atoms with Crippen molar-refractivity contribution in [3.05, 3.63) is 48.5 Å². The van der Waals surface area contributed by atoms with E-state index in [0.29, 0.717) is 12.3 Å². The highest BCUT2D eigenvalue weighted by Gasteiger charge is 1.88. The van der Waals surface area contributed by atoms with Crippen molar-refractivity contribution in [3.8, 4) is 11.5 Å². The number of ether oxygens (including phenoxy) is 1. The third-order valence-electron chi connectivity index (χ3n) is 2.08. The molecule has 2 rings (SSSR count). The van der Waals surface area contributed by atoms with Gasteiger partial charge in [0.1, 0.15) is 11.5 Å². The number of nitrogens with two attached hydrogens (primary N) is 2. The van der Waals surface area contributed by atoms with E-state index in [1.807, 2.05) is 31.2 Å². The summed E-state index contributed by atoms with van der Waals surface area (Å²) in [7, 11) is 0. The van der Waals surface area contributed by atoms with Crippen LogP contribution in [0, 0.1) is 0 Å². The molecule has 0 heterocycles. The summed E-state index contributed by atoms with van der Waals surface area (Å²) in [5.41, 5.74) is 12.2.